The van der Waals surface area contributed by atoms with Crippen molar-refractivity contribution < 1.29 is 27.8 Å². The Kier molecular flexibility index (Phi) is 4.35. The third-order valence-corrected chi connectivity index (χ3v) is 6.90. The molecular weight excluding hydrogens is 407 g/mol. The molecular formula is C24H22F3NO3. The Bertz CT molecular complexity index is 1100. The van der Waals surface area contributed by atoms with E-state index in [9.17, 15) is 23.1 Å². The standard InChI is InChI=1S/C24H22F3NO3/c1-10-6-11(2)17(12(3)7-10)19-21(29)18-16-8-14(23(31-16)20(18)22(19)30)15-5-4-13(9-28-15)24(25,26)27/h4-7,9,14,16,18,20,23,29H,8H2,1-3H3/t14-,16-,18-,20+,23+/m0/s1. The predicted octanol–water partition coefficient (Wildman–Crippen LogP) is 5.06. The van der Waals surface area contributed by atoms with Crippen LogP contribution in [0, 0.1) is 32.6 Å². The van der Waals surface area contributed by atoms with Crippen LogP contribution in [0.15, 0.2) is 36.2 Å². The molecule has 0 unspecified atom stereocenters. The van der Waals surface area contributed by atoms with E-state index in [1.54, 1.807) is 0 Å². The molecule has 5 atom stereocenters. The molecule has 0 spiro atoms. The summed E-state index contributed by atoms with van der Waals surface area (Å²) >= 11 is 0. The van der Waals surface area contributed by atoms with Crippen molar-refractivity contribution in [3.8, 4) is 0 Å². The second kappa shape index (κ2) is 6.66. The number of Topliss-reactive ketones (excluding diaryl/α,β-unsaturated/α-hetero) is 1. The van der Waals surface area contributed by atoms with E-state index in [0.29, 0.717) is 17.7 Å². The van der Waals surface area contributed by atoms with Gasteiger partial charge in [-0.3, -0.25) is 9.78 Å². The van der Waals surface area contributed by atoms with Crippen LogP contribution in [0.1, 0.15) is 45.8 Å². The van der Waals surface area contributed by atoms with E-state index in [-0.39, 0.29) is 23.6 Å². The van der Waals surface area contributed by atoms with Crippen molar-refractivity contribution >= 4 is 11.4 Å². The molecule has 2 aliphatic heterocycles. The van der Waals surface area contributed by atoms with Gasteiger partial charge in [0.05, 0.1) is 35.2 Å². The number of fused-ring (bicyclic) bond motifs is 5. The molecule has 2 fully saturated rings. The fraction of sp³-hybridized carbons (Fsp3) is 0.417. The fourth-order valence-corrected chi connectivity index (χ4v) is 5.76. The lowest BCUT2D eigenvalue weighted by molar-refractivity contribution is -0.137. The summed E-state index contributed by atoms with van der Waals surface area (Å²) < 4.78 is 44.6. The van der Waals surface area contributed by atoms with E-state index in [1.807, 2.05) is 32.9 Å². The molecule has 162 valence electrons. The van der Waals surface area contributed by atoms with Crippen LogP contribution in [0.5, 0.6) is 0 Å². The Morgan fingerprint density at radius 1 is 1.10 bits per heavy atom. The number of aromatic nitrogens is 1. The smallest absolute Gasteiger partial charge is 0.417 e. The molecule has 5 rings (SSSR count). The summed E-state index contributed by atoms with van der Waals surface area (Å²) in [6, 6.07) is 6.37. The number of pyridine rings is 1. The van der Waals surface area contributed by atoms with E-state index in [0.717, 1.165) is 34.5 Å². The molecule has 7 heteroatoms. The van der Waals surface area contributed by atoms with Gasteiger partial charge in [0.25, 0.3) is 0 Å². The number of ether oxygens (including phenoxy) is 1. The first-order valence-electron chi connectivity index (χ1n) is 10.3. The molecule has 2 saturated heterocycles. The summed E-state index contributed by atoms with van der Waals surface area (Å²) in [5.41, 5.74) is 3.77. The first-order valence-corrected chi connectivity index (χ1v) is 10.3. The van der Waals surface area contributed by atoms with E-state index >= 15 is 0 Å². The largest absolute Gasteiger partial charge is 0.511 e. The fourth-order valence-electron chi connectivity index (χ4n) is 5.76. The van der Waals surface area contributed by atoms with Gasteiger partial charge in [-0.05, 0) is 56.0 Å². The van der Waals surface area contributed by atoms with Crippen LogP contribution in [0.4, 0.5) is 13.2 Å². The summed E-state index contributed by atoms with van der Waals surface area (Å²) in [6.07, 6.45) is -3.96. The van der Waals surface area contributed by atoms with Crippen molar-refractivity contribution in [2.45, 2.75) is 51.5 Å². The molecule has 3 heterocycles. The molecule has 1 aromatic carbocycles. The minimum atomic E-state index is -4.45. The van der Waals surface area contributed by atoms with E-state index < -0.39 is 29.7 Å². The Hall–Kier alpha value is -2.67. The van der Waals surface area contributed by atoms with Gasteiger partial charge in [-0.1, -0.05) is 17.7 Å². The maximum atomic E-state index is 13.5. The normalized spacial score (nSPS) is 29.7. The van der Waals surface area contributed by atoms with Gasteiger partial charge in [-0.25, -0.2) is 0 Å². The number of aryl methyl sites for hydroxylation is 3. The number of alkyl halides is 3. The maximum Gasteiger partial charge on any atom is 0.417 e. The summed E-state index contributed by atoms with van der Waals surface area (Å²) in [6.45, 7) is 5.84. The van der Waals surface area contributed by atoms with E-state index in [4.69, 9.17) is 4.74 Å². The monoisotopic (exact) mass is 429 g/mol. The van der Waals surface area contributed by atoms with Crippen LogP contribution in [-0.2, 0) is 15.7 Å². The highest BCUT2D eigenvalue weighted by Gasteiger charge is 2.63. The molecule has 1 aromatic heterocycles. The van der Waals surface area contributed by atoms with Gasteiger partial charge in [0.1, 0.15) is 5.76 Å². The predicted molar refractivity (Wildman–Crippen MR) is 107 cm³/mol. The van der Waals surface area contributed by atoms with Crippen LogP contribution in [0.2, 0.25) is 0 Å². The number of allylic oxidation sites excluding steroid dienone is 1. The van der Waals surface area contributed by atoms with Crippen LogP contribution in [-0.4, -0.2) is 28.1 Å². The Morgan fingerprint density at radius 3 is 2.35 bits per heavy atom. The molecule has 1 aliphatic carbocycles. The summed E-state index contributed by atoms with van der Waals surface area (Å²) in [5, 5.41) is 11.0. The van der Waals surface area contributed by atoms with Crippen LogP contribution < -0.4 is 0 Å². The van der Waals surface area contributed by atoms with E-state index in [1.165, 1.54) is 6.07 Å². The number of aliphatic hydroxyl groups is 1. The van der Waals surface area contributed by atoms with Crippen molar-refractivity contribution in [1.29, 1.82) is 0 Å². The molecule has 31 heavy (non-hydrogen) atoms. The van der Waals surface area contributed by atoms with Gasteiger partial charge in [0, 0.05) is 17.8 Å². The van der Waals surface area contributed by atoms with Crippen LogP contribution in [0.3, 0.4) is 0 Å². The number of halogens is 3. The minimum Gasteiger partial charge on any atom is -0.511 e. The number of hydrogen-bond acceptors (Lipinski definition) is 4. The Morgan fingerprint density at radius 2 is 1.77 bits per heavy atom. The highest BCUT2D eigenvalue weighted by atomic mass is 19.4. The topological polar surface area (TPSA) is 59.4 Å². The second-order valence-electron chi connectivity index (χ2n) is 8.90. The van der Waals surface area contributed by atoms with Gasteiger partial charge in [0.2, 0.25) is 0 Å². The quantitative estimate of drug-likeness (QED) is 0.725. The number of aliphatic hydroxyl groups excluding tert-OH is 1. The van der Waals surface area contributed by atoms with Gasteiger partial charge in [-0.15, -0.1) is 0 Å². The number of nitrogens with zero attached hydrogens (tertiary/aromatic N) is 1. The SMILES string of the molecule is Cc1cc(C)c(C2=C(O)[C@@H]3[C@H](C2=O)[C@@H]2O[C@H]3C[C@H]2c2ccc(C(F)(F)F)cn2)c(C)c1. The molecule has 4 nitrogen and oxygen atoms in total. The molecule has 0 radical (unpaired) electrons. The first-order chi connectivity index (χ1) is 14.6. The molecule has 0 amide bonds. The van der Waals surface area contributed by atoms with Gasteiger partial charge < -0.3 is 9.84 Å². The number of hydrogen-bond donors (Lipinski definition) is 1. The van der Waals surface area contributed by atoms with Crippen molar-refractivity contribution in [2.75, 3.05) is 0 Å². The van der Waals surface area contributed by atoms with E-state index in [2.05, 4.69) is 4.98 Å². The highest BCUT2D eigenvalue weighted by Crippen LogP contribution is 2.58. The maximum absolute atomic E-state index is 13.5. The number of carbonyl (C=O) groups excluding carboxylic acids is 1. The van der Waals surface area contributed by atoms with Crippen molar-refractivity contribution in [3.63, 3.8) is 0 Å². The Balaban J connectivity index is 1.48. The Labute approximate surface area is 177 Å². The minimum absolute atomic E-state index is 0.0800. The number of carbonyl (C=O) groups is 1. The van der Waals surface area contributed by atoms with Crippen molar-refractivity contribution in [1.82, 2.24) is 4.98 Å². The van der Waals surface area contributed by atoms with Gasteiger partial charge in [0.15, 0.2) is 5.78 Å². The third-order valence-electron chi connectivity index (χ3n) is 6.90. The van der Waals surface area contributed by atoms with Crippen molar-refractivity contribution in [2.24, 2.45) is 11.8 Å². The van der Waals surface area contributed by atoms with Crippen molar-refractivity contribution in [3.05, 3.63) is 69.7 Å². The lowest BCUT2D eigenvalue weighted by Crippen LogP contribution is -2.34. The lowest BCUT2D eigenvalue weighted by Gasteiger charge is -2.27. The average Bonchev–Trinajstić information content (AvgIpc) is 3.34. The van der Waals surface area contributed by atoms with Crippen LogP contribution >= 0.6 is 0 Å². The second-order valence-corrected chi connectivity index (χ2v) is 8.90. The third kappa shape index (κ3) is 2.93. The number of benzene rings is 1. The molecule has 2 aromatic rings. The zero-order chi connectivity index (χ0) is 22.2. The first kappa shape index (κ1) is 20.2. The van der Waals surface area contributed by atoms with Crippen LogP contribution in [0.25, 0.3) is 5.57 Å². The zero-order valence-corrected chi connectivity index (χ0v) is 17.3. The van der Waals surface area contributed by atoms with Gasteiger partial charge in [-0.2, -0.15) is 13.2 Å². The zero-order valence-electron chi connectivity index (χ0n) is 17.3. The molecule has 1 N–H and O–H groups in total. The number of rotatable bonds is 2. The molecule has 2 bridgehead atoms. The average molecular weight is 429 g/mol. The lowest BCUT2D eigenvalue weighted by atomic mass is 9.73. The number of ketones is 1. The summed E-state index contributed by atoms with van der Waals surface area (Å²) in [4.78, 5) is 17.5. The summed E-state index contributed by atoms with van der Waals surface area (Å²) in [7, 11) is 0. The highest BCUT2D eigenvalue weighted by molar-refractivity contribution is 6.26. The van der Waals surface area contributed by atoms with Gasteiger partial charge >= 0.3 is 6.18 Å². The molecule has 3 aliphatic rings. The summed E-state index contributed by atoms with van der Waals surface area (Å²) in [5.74, 6) is -1.29. The molecule has 0 saturated carbocycles.